The monoisotopic (exact) mass is 202 g/mol. The summed E-state index contributed by atoms with van der Waals surface area (Å²) >= 11 is 0. The first-order chi connectivity index (χ1) is 7.24. The molecule has 0 saturated carbocycles. The number of esters is 1. The van der Waals surface area contributed by atoms with Gasteiger partial charge in [0, 0.05) is 5.57 Å². The van der Waals surface area contributed by atoms with Crippen molar-refractivity contribution in [2.24, 2.45) is 0 Å². The maximum Gasteiger partial charge on any atom is 0.338 e. The van der Waals surface area contributed by atoms with Crippen molar-refractivity contribution in [1.29, 1.82) is 0 Å². The first-order valence-corrected chi connectivity index (χ1v) is 4.79. The van der Waals surface area contributed by atoms with Crippen molar-refractivity contribution in [2.75, 3.05) is 0 Å². The quantitative estimate of drug-likeness (QED) is 0.427. The minimum Gasteiger partial charge on any atom is -0.431 e. The highest BCUT2D eigenvalue weighted by Gasteiger charge is 2.03. The summed E-state index contributed by atoms with van der Waals surface area (Å²) in [5.41, 5.74) is 1.58. The molecule has 0 spiro atoms. The topological polar surface area (TPSA) is 26.3 Å². The largest absolute Gasteiger partial charge is 0.431 e. The predicted molar refractivity (Wildman–Crippen MR) is 61.0 cm³/mol. The lowest BCUT2D eigenvalue weighted by Crippen LogP contribution is -2.00. The van der Waals surface area contributed by atoms with E-state index in [-0.39, 0.29) is 5.97 Å². The fraction of sp³-hybridized carbons (Fsp3) is 0.154. The van der Waals surface area contributed by atoms with Gasteiger partial charge < -0.3 is 4.74 Å². The molecule has 2 nitrogen and oxygen atoms in total. The summed E-state index contributed by atoms with van der Waals surface area (Å²) in [7, 11) is 0. The van der Waals surface area contributed by atoms with Crippen molar-refractivity contribution in [2.45, 2.75) is 13.8 Å². The molecular weight excluding hydrogens is 188 g/mol. The number of carbonyl (C=O) groups excluding carboxylic acids is 1. The first kappa shape index (κ1) is 11.2. The minimum absolute atomic E-state index is 0.322. The van der Waals surface area contributed by atoms with Gasteiger partial charge in [-0.2, -0.15) is 0 Å². The Morgan fingerprint density at radius 3 is 2.53 bits per heavy atom. The Labute approximate surface area is 89.9 Å². The van der Waals surface area contributed by atoms with Crippen LogP contribution in [0.3, 0.4) is 0 Å². The van der Waals surface area contributed by atoms with E-state index in [0.717, 1.165) is 5.56 Å². The van der Waals surface area contributed by atoms with E-state index < -0.39 is 0 Å². The van der Waals surface area contributed by atoms with Crippen molar-refractivity contribution in [1.82, 2.24) is 0 Å². The lowest BCUT2D eigenvalue weighted by atomic mass is 10.1. The minimum atomic E-state index is -0.322. The molecule has 0 aliphatic rings. The van der Waals surface area contributed by atoms with Crippen LogP contribution in [0.5, 0.6) is 0 Å². The molecule has 1 aromatic rings. The van der Waals surface area contributed by atoms with Crippen molar-refractivity contribution in [3.63, 3.8) is 0 Å². The third-order valence-electron chi connectivity index (χ3n) is 1.82. The highest BCUT2D eigenvalue weighted by Crippen LogP contribution is 2.07. The van der Waals surface area contributed by atoms with E-state index in [1.165, 1.54) is 6.26 Å². The van der Waals surface area contributed by atoms with Crippen LogP contribution in [0, 0.1) is 0 Å². The molecule has 0 saturated heterocycles. The number of carbonyl (C=O) groups is 1. The smallest absolute Gasteiger partial charge is 0.338 e. The Morgan fingerprint density at radius 1 is 1.27 bits per heavy atom. The first-order valence-electron chi connectivity index (χ1n) is 4.79. The van der Waals surface area contributed by atoms with Crippen molar-refractivity contribution < 1.29 is 9.53 Å². The van der Waals surface area contributed by atoms with Crippen LogP contribution < -0.4 is 0 Å². The van der Waals surface area contributed by atoms with Gasteiger partial charge in [-0.15, -0.1) is 0 Å². The van der Waals surface area contributed by atoms with Gasteiger partial charge in [0.2, 0.25) is 0 Å². The van der Waals surface area contributed by atoms with Gasteiger partial charge in [0.25, 0.3) is 0 Å². The van der Waals surface area contributed by atoms with Gasteiger partial charge in [0.05, 0.1) is 6.26 Å². The van der Waals surface area contributed by atoms with Crippen LogP contribution in [-0.2, 0) is 9.53 Å². The van der Waals surface area contributed by atoms with Crippen LogP contribution in [0.4, 0.5) is 0 Å². The molecule has 0 aliphatic carbocycles. The van der Waals surface area contributed by atoms with Gasteiger partial charge in [-0.3, -0.25) is 0 Å². The number of rotatable bonds is 3. The Morgan fingerprint density at radius 2 is 1.93 bits per heavy atom. The van der Waals surface area contributed by atoms with Gasteiger partial charge in [-0.1, -0.05) is 36.4 Å². The van der Waals surface area contributed by atoms with Crippen LogP contribution in [0.15, 0.2) is 48.2 Å². The summed E-state index contributed by atoms with van der Waals surface area (Å²) in [6.07, 6.45) is 4.85. The summed E-state index contributed by atoms with van der Waals surface area (Å²) in [5, 5.41) is 0. The van der Waals surface area contributed by atoms with E-state index in [0.29, 0.717) is 5.57 Å². The molecule has 0 aromatic heterocycles. The fourth-order valence-electron chi connectivity index (χ4n) is 1.08. The molecular formula is C13H14O2. The molecule has 1 aromatic carbocycles. The average molecular weight is 202 g/mol. The second-order valence-corrected chi connectivity index (χ2v) is 3.11. The lowest BCUT2D eigenvalue weighted by Gasteiger charge is -1.99. The number of hydrogen-bond donors (Lipinski definition) is 0. The molecule has 0 heterocycles. The normalized spacial score (nSPS) is 11.7. The molecule has 15 heavy (non-hydrogen) atoms. The zero-order valence-electron chi connectivity index (χ0n) is 8.94. The fourth-order valence-corrected chi connectivity index (χ4v) is 1.08. The Hall–Kier alpha value is -1.83. The number of benzene rings is 1. The summed E-state index contributed by atoms with van der Waals surface area (Å²) in [5.74, 6) is -0.322. The van der Waals surface area contributed by atoms with Gasteiger partial charge in [0.15, 0.2) is 0 Å². The maximum absolute atomic E-state index is 11.4. The molecule has 0 fully saturated rings. The highest BCUT2D eigenvalue weighted by atomic mass is 16.5. The van der Waals surface area contributed by atoms with E-state index in [4.69, 9.17) is 4.74 Å². The van der Waals surface area contributed by atoms with Gasteiger partial charge in [-0.25, -0.2) is 4.79 Å². The molecule has 78 valence electrons. The maximum atomic E-state index is 11.4. The van der Waals surface area contributed by atoms with E-state index in [1.807, 2.05) is 30.3 Å². The van der Waals surface area contributed by atoms with Crippen molar-refractivity contribution in [3.05, 3.63) is 53.8 Å². The van der Waals surface area contributed by atoms with E-state index in [9.17, 15) is 4.79 Å². The SMILES string of the molecule is CC=COC(=O)C(C)=Cc1ccccc1. The second kappa shape index (κ2) is 5.81. The number of ether oxygens (including phenoxy) is 1. The molecule has 0 bridgehead atoms. The van der Waals surface area contributed by atoms with Crippen LogP contribution in [0.2, 0.25) is 0 Å². The van der Waals surface area contributed by atoms with Gasteiger partial charge >= 0.3 is 5.97 Å². The standard InChI is InChI=1S/C13H14O2/c1-3-9-15-13(14)11(2)10-12-7-5-4-6-8-12/h3-10H,1-2H3. The summed E-state index contributed by atoms with van der Waals surface area (Å²) in [6, 6.07) is 9.66. The predicted octanol–water partition coefficient (Wildman–Crippen LogP) is 3.17. The molecule has 0 radical (unpaired) electrons. The Bertz CT molecular complexity index is 375. The van der Waals surface area contributed by atoms with Crippen molar-refractivity contribution >= 4 is 12.0 Å². The molecule has 0 amide bonds. The zero-order valence-corrected chi connectivity index (χ0v) is 8.94. The van der Waals surface area contributed by atoms with Crippen LogP contribution in [0.25, 0.3) is 6.08 Å². The summed E-state index contributed by atoms with van der Waals surface area (Å²) in [6.45, 7) is 3.53. The third-order valence-corrected chi connectivity index (χ3v) is 1.82. The third kappa shape index (κ3) is 3.81. The van der Waals surface area contributed by atoms with E-state index >= 15 is 0 Å². The molecule has 0 N–H and O–H groups in total. The second-order valence-electron chi connectivity index (χ2n) is 3.11. The lowest BCUT2D eigenvalue weighted by molar-refractivity contribution is -0.133. The number of hydrogen-bond acceptors (Lipinski definition) is 2. The average Bonchev–Trinajstić information content (AvgIpc) is 2.27. The van der Waals surface area contributed by atoms with Crippen LogP contribution in [0.1, 0.15) is 19.4 Å². The molecule has 0 unspecified atom stereocenters. The van der Waals surface area contributed by atoms with E-state index in [1.54, 1.807) is 26.0 Å². The zero-order chi connectivity index (χ0) is 11.1. The summed E-state index contributed by atoms with van der Waals surface area (Å²) < 4.78 is 4.84. The molecule has 0 aliphatic heterocycles. The van der Waals surface area contributed by atoms with E-state index in [2.05, 4.69) is 0 Å². The number of allylic oxidation sites excluding steroid dienone is 1. The van der Waals surface area contributed by atoms with Gasteiger partial charge in [0.1, 0.15) is 0 Å². The molecule has 2 heteroatoms. The van der Waals surface area contributed by atoms with Gasteiger partial charge in [-0.05, 0) is 25.5 Å². The Kier molecular flexibility index (Phi) is 4.35. The highest BCUT2D eigenvalue weighted by molar-refractivity contribution is 5.93. The Balaban J connectivity index is 2.72. The molecule has 1 rings (SSSR count). The van der Waals surface area contributed by atoms with Crippen LogP contribution in [-0.4, -0.2) is 5.97 Å². The summed E-state index contributed by atoms with van der Waals surface area (Å²) in [4.78, 5) is 11.4. The van der Waals surface area contributed by atoms with Crippen LogP contribution >= 0.6 is 0 Å². The van der Waals surface area contributed by atoms with Crippen molar-refractivity contribution in [3.8, 4) is 0 Å². The molecule has 0 atom stereocenters.